The van der Waals surface area contributed by atoms with E-state index in [1.807, 2.05) is 35.7 Å². The molecule has 1 aromatic heterocycles. The summed E-state index contributed by atoms with van der Waals surface area (Å²) in [6.07, 6.45) is 2.08. The van der Waals surface area contributed by atoms with E-state index in [-0.39, 0.29) is 11.4 Å². The van der Waals surface area contributed by atoms with Crippen molar-refractivity contribution < 1.29 is 0 Å². The molecule has 7 heteroatoms. The monoisotopic (exact) mass is 435 g/mol. The van der Waals surface area contributed by atoms with Gasteiger partial charge in [0.05, 0.1) is 10.6 Å². The SMILES string of the molecule is N=C(N)c1cc(-c2cccc(N=C3N(c4ccc(Cl)cc4)C34CCNCC4)c2)cs1. The lowest BCUT2D eigenvalue weighted by atomic mass is 9.97. The molecule has 1 spiro atoms. The summed E-state index contributed by atoms with van der Waals surface area (Å²) in [5, 5.41) is 13.9. The van der Waals surface area contributed by atoms with Crippen LogP contribution in [0.2, 0.25) is 5.02 Å². The molecule has 2 saturated heterocycles. The first-order valence-electron chi connectivity index (χ1n) is 9.96. The maximum atomic E-state index is 7.63. The highest BCUT2D eigenvalue weighted by molar-refractivity contribution is 7.12. The van der Waals surface area contributed by atoms with Gasteiger partial charge in [-0.1, -0.05) is 23.7 Å². The second-order valence-corrected chi connectivity index (χ2v) is 9.04. The molecule has 2 aliphatic heterocycles. The van der Waals surface area contributed by atoms with Gasteiger partial charge in [0.1, 0.15) is 17.2 Å². The maximum Gasteiger partial charge on any atom is 0.137 e. The van der Waals surface area contributed by atoms with E-state index in [1.54, 1.807) is 0 Å². The Morgan fingerprint density at radius 1 is 1.10 bits per heavy atom. The number of thiophene rings is 1. The fraction of sp³-hybridized carbons (Fsp3) is 0.217. The Balaban J connectivity index is 1.49. The van der Waals surface area contributed by atoms with Gasteiger partial charge in [-0.25, -0.2) is 4.99 Å². The molecule has 30 heavy (non-hydrogen) atoms. The van der Waals surface area contributed by atoms with Crippen LogP contribution in [0.25, 0.3) is 11.1 Å². The van der Waals surface area contributed by atoms with Crippen molar-refractivity contribution in [2.75, 3.05) is 18.0 Å². The van der Waals surface area contributed by atoms with E-state index in [2.05, 4.69) is 34.5 Å². The first-order chi connectivity index (χ1) is 14.6. The van der Waals surface area contributed by atoms with Crippen LogP contribution in [0.5, 0.6) is 0 Å². The third-order valence-electron chi connectivity index (χ3n) is 5.80. The van der Waals surface area contributed by atoms with Gasteiger partial charge < -0.3 is 16.0 Å². The van der Waals surface area contributed by atoms with Crippen LogP contribution in [0.15, 0.2) is 65.0 Å². The normalized spacial score (nSPS) is 18.7. The number of nitrogen functional groups attached to an aromatic ring is 1. The molecule has 0 unspecified atom stereocenters. The molecule has 5 nitrogen and oxygen atoms in total. The summed E-state index contributed by atoms with van der Waals surface area (Å²) >= 11 is 7.59. The van der Waals surface area contributed by atoms with E-state index in [9.17, 15) is 0 Å². The Morgan fingerprint density at radius 3 is 2.57 bits per heavy atom. The lowest BCUT2D eigenvalue weighted by Crippen LogP contribution is -2.36. The van der Waals surface area contributed by atoms with Crippen LogP contribution >= 0.6 is 22.9 Å². The highest BCUT2D eigenvalue weighted by atomic mass is 35.5. The van der Waals surface area contributed by atoms with Gasteiger partial charge in [-0.05, 0) is 84.9 Å². The average molecular weight is 436 g/mol. The molecular formula is C23H22ClN5S. The van der Waals surface area contributed by atoms with Crippen LogP contribution in [0.3, 0.4) is 0 Å². The highest BCUT2D eigenvalue weighted by Crippen LogP contribution is 2.48. The van der Waals surface area contributed by atoms with Gasteiger partial charge >= 0.3 is 0 Å². The van der Waals surface area contributed by atoms with E-state index in [4.69, 9.17) is 27.7 Å². The van der Waals surface area contributed by atoms with Crippen LogP contribution in [0.4, 0.5) is 11.4 Å². The van der Waals surface area contributed by atoms with Gasteiger partial charge in [0.2, 0.25) is 0 Å². The third-order valence-corrected chi connectivity index (χ3v) is 7.02. The summed E-state index contributed by atoms with van der Waals surface area (Å²) in [7, 11) is 0. The second-order valence-electron chi connectivity index (χ2n) is 7.69. The Bertz CT molecular complexity index is 1130. The highest BCUT2D eigenvalue weighted by Gasteiger charge is 2.60. The van der Waals surface area contributed by atoms with E-state index < -0.39 is 0 Å². The predicted octanol–water partition coefficient (Wildman–Crippen LogP) is 5.02. The van der Waals surface area contributed by atoms with Crippen molar-refractivity contribution in [1.29, 1.82) is 5.41 Å². The summed E-state index contributed by atoms with van der Waals surface area (Å²) in [4.78, 5) is 8.21. The van der Waals surface area contributed by atoms with Crippen LogP contribution in [0, 0.1) is 5.41 Å². The number of nitrogens with two attached hydrogens (primary N) is 1. The van der Waals surface area contributed by atoms with E-state index in [0.29, 0.717) is 0 Å². The largest absolute Gasteiger partial charge is 0.383 e. The smallest absolute Gasteiger partial charge is 0.137 e. The molecule has 0 aliphatic carbocycles. The molecule has 0 amide bonds. The summed E-state index contributed by atoms with van der Waals surface area (Å²) < 4.78 is 0. The quantitative estimate of drug-likeness (QED) is 0.305. The number of amidine groups is 2. The Kier molecular flexibility index (Phi) is 4.85. The van der Waals surface area contributed by atoms with Gasteiger partial charge in [-0.3, -0.25) is 5.41 Å². The molecule has 2 fully saturated rings. The lowest BCUT2D eigenvalue weighted by molar-refractivity contribution is 0.457. The molecule has 3 aromatic rings. The third kappa shape index (κ3) is 3.41. The van der Waals surface area contributed by atoms with Crippen LogP contribution in [0.1, 0.15) is 17.7 Å². The minimum atomic E-state index is -0.000730. The minimum Gasteiger partial charge on any atom is -0.383 e. The average Bonchev–Trinajstić information content (AvgIpc) is 3.12. The summed E-state index contributed by atoms with van der Waals surface area (Å²) in [5.74, 6) is 1.23. The molecular weight excluding hydrogens is 414 g/mol. The number of nitrogens with zero attached hydrogens (tertiary/aromatic N) is 2. The fourth-order valence-corrected chi connectivity index (χ4v) is 5.12. The molecule has 152 valence electrons. The molecule has 4 N–H and O–H groups in total. The van der Waals surface area contributed by atoms with Crippen molar-refractivity contribution in [3.63, 3.8) is 0 Å². The van der Waals surface area contributed by atoms with Gasteiger partial charge in [0, 0.05) is 10.7 Å². The zero-order chi connectivity index (χ0) is 20.7. The molecule has 5 rings (SSSR count). The second kappa shape index (κ2) is 7.54. The standard InChI is InChI=1S/C23H22ClN5S/c24-17-4-6-19(7-5-17)29-22(23(29)8-10-27-11-9-23)28-18-3-1-2-15(12-18)16-13-20(21(25)26)30-14-16/h1-7,12-14,27H,8-11H2,(H3,25,26). The molecule has 0 atom stereocenters. The number of aliphatic imine (C=N–C) groups is 1. The number of rotatable bonds is 4. The summed E-state index contributed by atoms with van der Waals surface area (Å²) in [6, 6.07) is 18.2. The molecule has 2 aliphatic rings. The zero-order valence-corrected chi connectivity index (χ0v) is 17.9. The van der Waals surface area contributed by atoms with E-state index >= 15 is 0 Å². The van der Waals surface area contributed by atoms with Gasteiger partial charge in [0.15, 0.2) is 0 Å². The van der Waals surface area contributed by atoms with Crippen molar-refractivity contribution in [1.82, 2.24) is 5.32 Å². The van der Waals surface area contributed by atoms with Gasteiger partial charge in [-0.15, -0.1) is 11.3 Å². The molecule has 2 aromatic carbocycles. The number of hydrogen-bond donors (Lipinski definition) is 3. The number of hydrogen-bond acceptors (Lipinski definition) is 4. The zero-order valence-electron chi connectivity index (χ0n) is 16.4. The van der Waals surface area contributed by atoms with Crippen molar-refractivity contribution in [3.8, 4) is 11.1 Å². The van der Waals surface area contributed by atoms with Crippen LogP contribution in [-0.4, -0.2) is 30.3 Å². The van der Waals surface area contributed by atoms with Crippen molar-refractivity contribution in [2.45, 2.75) is 18.4 Å². The Hall–Kier alpha value is -2.67. The van der Waals surface area contributed by atoms with Crippen molar-refractivity contribution in [2.24, 2.45) is 10.7 Å². The number of halogens is 1. The molecule has 0 saturated carbocycles. The molecule has 0 bridgehead atoms. The number of nitrogens with one attached hydrogen (secondary N) is 2. The Labute approximate surface area is 184 Å². The maximum absolute atomic E-state index is 7.63. The fourth-order valence-electron chi connectivity index (χ4n) is 4.21. The predicted molar refractivity (Wildman–Crippen MR) is 127 cm³/mol. The number of benzene rings is 2. The number of piperidine rings is 1. The first-order valence-corrected chi connectivity index (χ1v) is 11.2. The van der Waals surface area contributed by atoms with Gasteiger partial charge in [0.25, 0.3) is 0 Å². The van der Waals surface area contributed by atoms with E-state index in [1.165, 1.54) is 11.3 Å². The van der Waals surface area contributed by atoms with Gasteiger partial charge in [-0.2, -0.15) is 0 Å². The summed E-state index contributed by atoms with van der Waals surface area (Å²) in [6.45, 7) is 1.98. The molecule has 0 radical (unpaired) electrons. The topological polar surface area (TPSA) is 77.3 Å². The van der Waals surface area contributed by atoms with Crippen molar-refractivity contribution in [3.05, 3.63) is 69.9 Å². The van der Waals surface area contributed by atoms with Crippen molar-refractivity contribution >= 4 is 46.0 Å². The Morgan fingerprint density at radius 2 is 1.87 bits per heavy atom. The van der Waals surface area contributed by atoms with E-state index in [0.717, 1.165) is 64.2 Å². The van der Waals surface area contributed by atoms with Crippen LogP contribution in [-0.2, 0) is 0 Å². The minimum absolute atomic E-state index is 0.000730. The van der Waals surface area contributed by atoms with Crippen LogP contribution < -0.4 is 16.0 Å². The number of anilines is 1. The summed E-state index contributed by atoms with van der Waals surface area (Å²) in [5.41, 5.74) is 9.84. The first kappa shape index (κ1) is 19.3. The molecule has 3 heterocycles. The lowest BCUT2D eigenvalue weighted by Gasteiger charge is -2.22.